The minimum absolute atomic E-state index is 0.0243. The van der Waals surface area contributed by atoms with Gasteiger partial charge in [-0.25, -0.2) is 4.57 Å². The summed E-state index contributed by atoms with van der Waals surface area (Å²) in [6, 6.07) is -1.49. The van der Waals surface area contributed by atoms with E-state index in [1.165, 1.54) is 122 Å². The number of carboxylic acid groups (broad SMARTS) is 1. The van der Waals surface area contributed by atoms with Gasteiger partial charge >= 0.3 is 19.8 Å². The van der Waals surface area contributed by atoms with Crippen LogP contribution in [-0.4, -0.2) is 60.5 Å². The van der Waals surface area contributed by atoms with Crippen LogP contribution in [0.4, 0.5) is 0 Å². The Morgan fingerprint density at radius 1 is 0.508 bits per heavy atom. The highest BCUT2D eigenvalue weighted by atomic mass is 31.2. The predicted octanol–water partition coefficient (Wildman–Crippen LogP) is 15.3. The number of aliphatic carboxylic acids is 1. The summed E-state index contributed by atoms with van der Waals surface area (Å²) in [7, 11) is -4.64. The third kappa shape index (κ3) is 49.1. The van der Waals surface area contributed by atoms with Crippen LogP contribution in [0.15, 0.2) is 72.9 Å². The maximum Gasteiger partial charge on any atom is 0.472 e. The lowest BCUT2D eigenvalue weighted by atomic mass is 10.0. The first kappa shape index (κ1) is 62.4. The third-order valence-corrected chi connectivity index (χ3v) is 12.0. The Kier molecular flexibility index (Phi) is 47.4. The Hall–Kier alpha value is -2.59. The van der Waals surface area contributed by atoms with Crippen molar-refractivity contribution in [1.29, 1.82) is 0 Å². The Morgan fingerprint density at radius 2 is 0.877 bits per heavy atom. The summed E-state index contributed by atoms with van der Waals surface area (Å²) in [4.78, 5) is 33.7. The van der Waals surface area contributed by atoms with Crippen LogP contribution in [0.3, 0.4) is 0 Å². The van der Waals surface area contributed by atoms with Gasteiger partial charge in [-0.05, 0) is 57.8 Å². The summed E-state index contributed by atoms with van der Waals surface area (Å²) < 4.78 is 33.4. The average Bonchev–Trinajstić information content (AvgIpc) is 3.29. The summed E-state index contributed by atoms with van der Waals surface area (Å²) in [6.07, 6.45) is 62.7. The zero-order chi connectivity index (χ0) is 47.6. The van der Waals surface area contributed by atoms with Gasteiger partial charge in [0.2, 0.25) is 0 Å². The number of phosphoric ester groups is 1. The number of ether oxygens (including phenoxy) is 2. The zero-order valence-corrected chi connectivity index (χ0v) is 42.2. The molecule has 0 aromatic rings. The number of hydrogen-bond acceptors (Lipinski definition) is 8. The van der Waals surface area contributed by atoms with Gasteiger partial charge in [0.1, 0.15) is 12.1 Å². The maximum absolute atomic E-state index is 12.7. The molecule has 3 unspecified atom stereocenters. The van der Waals surface area contributed by atoms with Crippen LogP contribution in [0.2, 0.25) is 0 Å². The van der Waals surface area contributed by atoms with Gasteiger partial charge in [0.05, 0.1) is 19.8 Å². The van der Waals surface area contributed by atoms with Crippen molar-refractivity contribution in [2.75, 3.05) is 26.4 Å². The van der Waals surface area contributed by atoms with Crippen LogP contribution in [0.25, 0.3) is 0 Å². The molecule has 0 amide bonds. The molecule has 3 atom stereocenters. The molecule has 0 aliphatic rings. The van der Waals surface area contributed by atoms with E-state index >= 15 is 0 Å². The Bertz CT molecular complexity index is 1310. The molecule has 0 heterocycles. The number of nitrogens with two attached hydrogens (primary N) is 1. The van der Waals surface area contributed by atoms with Crippen molar-refractivity contribution in [3.63, 3.8) is 0 Å². The van der Waals surface area contributed by atoms with Crippen LogP contribution in [-0.2, 0) is 32.7 Å². The van der Waals surface area contributed by atoms with E-state index in [-0.39, 0.29) is 13.0 Å². The smallest absolute Gasteiger partial charge is 0.472 e. The fourth-order valence-electron chi connectivity index (χ4n) is 7.03. The summed E-state index contributed by atoms with van der Waals surface area (Å²) in [5, 5.41) is 8.93. The monoisotopic (exact) mass is 934 g/mol. The standard InChI is InChI=1S/C54H96NO9P/c1-3-5-7-9-11-13-15-17-19-21-23-25-26-27-28-30-32-34-36-38-40-42-44-46-53(56)64-51(49-62-65(59,60)63-50-52(55)54(57)58)48-61-47-45-43-41-39-37-35-33-31-29-24-22-20-18-16-14-12-10-8-6-4-2/h6,8,12,14,18,20,24,29,33,35,39,41,51-52H,3-5,7,9-11,13,15-17,19,21-23,25-28,30-32,34,36-38,40,42-50,55H2,1-2H3,(H,57,58)(H,59,60)/b8-6-,14-12-,20-18-,29-24-,35-33-,41-39-. The highest BCUT2D eigenvalue weighted by Crippen LogP contribution is 2.43. The quantitative estimate of drug-likeness (QED) is 0.0232. The first-order valence-corrected chi connectivity index (χ1v) is 27.5. The van der Waals surface area contributed by atoms with Crippen molar-refractivity contribution in [1.82, 2.24) is 0 Å². The van der Waals surface area contributed by atoms with E-state index in [4.69, 9.17) is 29.4 Å². The fraction of sp³-hybridized carbons (Fsp3) is 0.741. The average molecular weight is 934 g/mol. The van der Waals surface area contributed by atoms with Crippen molar-refractivity contribution in [3.8, 4) is 0 Å². The molecule has 0 rings (SSSR count). The predicted molar refractivity (Wildman–Crippen MR) is 272 cm³/mol. The van der Waals surface area contributed by atoms with E-state index in [1.54, 1.807) is 0 Å². The molecule has 0 aliphatic heterocycles. The summed E-state index contributed by atoms with van der Waals surface area (Å²) in [5.74, 6) is -1.80. The van der Waals surface area contributed by atoms with Crippen LogP contribution >= 0.6 is 7.82 Å². The van der Waals surface area contributed by atoms with E-state index in [0.717, 1.165) is 70.6 Å². The number of carbonyl (C=O) groups excluding carboxylic acids is 1. The van der Waals surface area contributed by atoms with Gasteiger partial charge < -0.3 is 25.2 Å². The first-order valence-electron chi connectivity index (χ1n) is 26.0. The lowest BCUT2D eigenvalue weighted by Gasteiger charge is -2.20. The van der Waals surface area contributed by atoms with E-state index in [9.17, 15) is 19.0 Å². The molecule has 0 aromatic heterocycles. The molecule has 0 radical (unpaired) electrons. The van der Waals surface area contributed by atoms with Gasteiger partial charge in [-0.1, -0.05) is 228 Å². The minimum Gasteiger partial charge on any atom is -0.480 e. The van der Waals surface area contributed by atoms with E-state index < -0.39 is 45.1 Å². The number of phosphoric acid groups is 1. The fourth-order valence-corrected chi connectivity index (χ4v) is 7.81. The maximum atomic E-state index is 12.7. The number of allylic oxidation sites excluding steroid dienone is 12. The van der Waals surface area contributed by atoms with Gasteiger partial charge in [-0.3, -0.25) is 18.6 Å². The number of esters is 1. The lowest BCUT2D eigenvalue weighted by molar-refractivity contribution is -0.154. The number of rotatable bonds is 49. The van der Waals surface area contributed by atoms with Gasteiger partial charge in [-0.15, -0.1) is 0 Å². The number of carbonyl (C=O) groups is 2. The Morgan fingerprint density at radius 3 is 1.28 bits per heavy atom. The second-order valence-corrected chi connectivity index (χ2v) is 18.7. The van der Waals surface area contributed by atoms with Crippen molar-refractivity contribution in [2.24, 2.45) is 5.73 Å². The van der Waals surface area contributed by atoms with Gasteiger partial charge in [0.25, 0.3) is 0 Å². The Labute approximate surface area is 397 Å². The van der Waals surface area contributed by atoms with E-state index in [1.807, 2.05) is 0 Å². The minimum atomic E-state index is -4.64. The zero-order valence-electron chi connectivity index (χ0n) is 41.3. The van der Waals surface area contributed by atoms with E-state index in [2.05, 4.69) is 86.8 Å². The number of unbranched alkanes of at least 4 members (excludes halogenated alkanes) is 23. The van der Waals surface area contributed by atoms with Crippen LogP contribution in [0.1, 0.15) is 219 Å². The lowest BCUT2D eigenvalue weighted by Crippen LogP contribution is -2.34. The van der Waals surface area contributed by atoms with Gasteiger partial charge in [0.15, 0.2) is 0 Å². The molecular weight excluding hydrogens is 838 g/mol. The molecule has 0 aliphatic carbocycles. The molecule has 10 nitrogen and oxygen atoms in total. The molecule has 376 valence electrons. The van der Waals surface area contributed by atoms with Gasteiger partial charge in [0, 0.05) is 13.0 Å². The molecule has 0 bridgehead atoms. The van der Waals surface area contributed by atoms with Crippen LogP contribution in [0, 0.1) is 0 Å². The second kappa shape index (κ2) is 49.3. The van der Waals surface area contributed by atoms with Crippen molar-refractivity contribution < 1.29 is 42.7 Å². The van der Waals surface area contributed by atoms with Crippen molar-refractivity contribution in [3.05, 3.63) is 72.9 Å². The largest absolute Gasteiger partial charge is 0.480 e. The molecule has 0 saturated carbocycles. The summed E-state index contributed by atoms with van der Waals surface area (Å²) >= 11 is 0. The molecule has 0 aromatic carbocycles. The molecule has 11 heteroatoms. The van der Waals surface area contributed by atoms with Crippen molar-refractivity contribution in [2.45, 2.75) is 231 Å². The first-order chi connectivity index (χ1) is 31.7. The normalized spacial score (nSPS) is 14.3. The number of carboxylic acids is 1. The van der Waals surface area contributed by atoms with Crippen LogP contribution in [0.5, 0.6) is 0 Å². The third-order valence-electron chi connectivity index (χ3n) is 11.0. The highest BCUT2D eigenvalue weighted by Gasteiger charge is 2.27. The molecular formula is C54H96NO9P. The SMILES string of the molecule is CC/C=C\C/C=C\C/C=C\C/C=C\C/C=C\C/C=C\CCCOCC(COP(=O)(O)OCC(N)C(=O)O)OC(=O)CCCCCCCCCCCCCCCCCCCCCCCCC. The summed E-state index contributed by atoms with van der Waals surface area (Å²) in [5.41, 5.74) is 5.37. The molecule has 0 saturated heterocycles. The molecule has 0 fully saturated rings. The summed E-state index contributed by atoms with van der Waals surface area (Å²) in [6.45, 7) is 3.64. The van der Waals surface area contributed by atoms with Crippen molar-refractivity contribution >= 4 is 19.8 Å². The Balaban J connectivity index is 4.20. The molecule has 4 N–H and O–H groups in total. The second-order valence-electron chi connectivity index (χ2n) is 17.3. The topological polar surface area (TPSA) is 155 Å². The highest BCUT2D eigenvalue weighted by molar-refractivity contribution is 7.47. The van der Waals surface area contributed by atoms with Crippen LogP contribution < -0.4 is 5.73 Å². The van der Waals surface area contributed by atoms with E-state index in [0.29, 0.717) is 13.0 Å². The number of hydrogen-bond donors (Lipinski definition) is 3. The van der Waals surface area contributed by atoms with Gasteiger partial charge in [-0.2, -0.15) is 0 Å². The molecule has 65 heavy (non-hydrogen) atoms. The molecule has 0 spiro atoms.